The van der Waals surface area contributed by atoms with Gasteiger partial charge >= 0.3 is 6.03 Å². The second kappa shape index (κ2) is 10.8. The van der Waals surface area contributed by atoms with Crippen molar-refractivity contribution < 1.29 is 14.3 Å². The molecule has 31 heavy (non-hydrogen) atoms. The molecule has 0 saturated carbocycles. The van der Waals surface area contributed by atoms with Gasteiger partial charge in [0, 0.05) is 32.8 Å². The topological polar surface area (TPSA) is 74.8 Å². The first-order valence-corrected chi connectivity index (χ1v) is 10.8. The predicted octanol–water partition coefficient (Wildman–Crippen LogP) is 2.97. The number of hydrogen-bond donors (Lipinski definition) is 1. The first kappa shape index (κ1) is 22.6. The van der Waals surface area contributed by atoms with Crippen molar-refractivity contribution in [3.63, 3.8) is 0 Å². The molecular formula is C24H32N4O3. The molecule has 1 aliphatic heterocycles. The number of nitrogens with one attached hydrogen (secondary N) is 1. The van der Waals surface area contributed by atoms with Gasteiger partial charge in [0.25, 0.3) is 0 Å². The summed E-state index contributed by atoms with van der Waals surface area (Å²) in [5.74, 6) is 1.07. The van der Waals surface area contributed by atoms with Gasteiger partial charge in [-0.05, 0) is 30.0 Å². The molecule has 2 atom stereocenters. The number of benzene rings is 1. The number of carbonyl (C=O) groups excluding carboxylic acids is 2. The summed E-state index contributed by atoms with van der Waals surface area (Å²) in [4.78, 5) is 33.8. The summed E-state index contributed by atoms with van der Waals surface area (Å²) >= 11 is 0. The van der Waals surface area contributed by atoms with Crippen LogP contribution < -0.4 is 10.1 Å². The monoisotopic (exact) mass is 424 g/mol. The fraction of sp³-hybridized carbons (Fsp3) is 0.458. The van der Waals surface area contributed by atoms with Crippen molar-refractivity contribution in [3.8, 4) is 5.75 Å². The van der Waals surface area contributed by atoms with Crippen LogP contribution in [0.15, 0.2) is 54.9 Å². The number of likely N-dealkylation sites (N-methyl/N-ethyl adjacent to an activating group) is 1. The smallest absolute Gasteiger partial charge is 0.318 e. The van der Waals surface area contributed by atoms with Crippen molar-refractivity contribution in [2.45, 2.75) is 38.8 Å². The van der Waals surface area contributed by atoms with Crippen LogP contribution in [0.4, 0.5) is 4.79 Å². The number of piperazine rings is 1. The molecule has 3 amide bonds. The van der Waals surface area contributed by atoms with E-state index in [1.807, 2.05) is 36.4 Å². The van der Waals surface area contributed by atoms with Gasteiger partial charge in [-0.3, -0.25) is 9.78 Å². The molecule has 0 bridgehead atoms. The van der Waals surface area contributed by atoms with Crippen molar-refractivity contribution in [2.24, 2.45) is 5.92 Å². The van der Waals surface area contributed by atoms with Crippen LogP contribution in [0, 0.1) is 5.92 Å². The zero-order valence-electron chi connectivity index (χ0n) is 18.5. The molecule has 0 spiro atoms. The molecule has 1 aromatic heterocycles. The Morgan fingerprint density at radius 3 is 2.68 bits per heavy atom. The van der Waals surface area contributed by atoms with Gasteiger partial charge < -0.3 is 19.9 Å². The highest BCUT2D eigenvalue weighted by Crippen LogP contribution is 2.22. The third kappa shape index (κ3) is 6.20. The molecule has 0 aliphatic carbocycles. The van der Waals surface area contributed by atoms with Crippen LogP contribution in [-0.4, -0.2) is 65.5 Å². The summed E-state index contributed by atoms with van der Waals surface area (Å²) in [6.45, 7) is 5.52. The van der Waals surface area contributed by atoms with Gasteiger partial charge in [0.05, 0.1) is 12.2 Å². The summed E-state index contributed by atoms with van der Waals surface area (Å²) in [7, 11) is 1.78. The number of amides is 3. The quantitative estimate of drug-likeness (QED) is 0.707. The van der Waals surface area contributed by atoms with Crippen LogP contribution in [0.25, 0.3) is 0 Å². The first-order chi connectivity index (χ1) is 15.0. The molecule has 0 radical (unpaired) electrons. The van der Waals surface area contributed by atoms with Crippen LogP contribution in [0.3, 0.4) is 0 Å². The van der Waals surface area contributed by atoms with E-state index in [-0.39, 0.29) is 24.6 Å². The molecule has 166 valence electrons. The minimum atomic E-state index is -0.581. The molecule has 1 aromatic carbocycles. The lowest BCUT2D eigenvalue weighted by Crippen LogP contribution is -2.66. The van der Waals surface area contributed by atoms with E-state index in [0.717, 1.165) is 12.0 Å². The van der Waals surface area contributed by atoms with Crippen LogP contribution in [0.2, 0.25) is 0 Å². The number of nitrogens with zero attached hydrogens (tertiary/aromatic N) is 3. The Balaban J connectivity index is 1.81. The van der Waals surface area contributed by atoms with Crippen LogP contribution in [0.5, 0.6) is 5.75 Å². The predicted molar refractivity (Wildman–Crippen MR) is 120 cm³/mol. The summed E-state index contributed by atoms with van der Waals surface area (Å²) in [5, 5.41) is 3.01. The molecule has 3 rings (SSSR count). The van der Waals surface area contributed by atoms with Crippen LogP contribution in [0.1, 0.15) is 25.8 Å². The molecule has 7 heteroatoms. The van der Waals surface area contributed by atoms with Crippen molar-refractivity contribution in [2.75, 3.05) is 26.7 Å². The van der Waals surface area contributed by atoms with E-state index in [4.69, 9.17) is 4.74 Å². The lowest BCUT2D eigenvalue weighted by molar-refractivity contribution is -0.141. The van der Waals surface area contributed by atoms with E-state index in [1.165, 1.54) is 0 Å². The summed E-state index contributed by atoms with van der Waals surface area (Å²) in [6.07, 6.45) is 4.68. The highest BCUT2D eigenvalue weighted by atomic mass is 16.5. The number of urea groups is 1. The highest BCUT2D eigenvalue weighted by Gasteiger charge is 2.42. The summed E-state index contributed by atoms with van der Waals surface area (Å²) in [6, 6.07) is 12.4. The Labute approximate surface area is 184 Å². The van der Waals surface area contributed by atoms with Crippen LogP contribution in [-0.2, 0) is 11.2 Å². The van der Waals surface area contributed by atoms with Crippen molar-refractivity contribution in [3.05, 3.63) is 60.4 Å². The molecule has 2 heterocycles. The Kier molecular flexibility index (Phi) is 7.87. The van der Waals surface area contributed by atoms with Gasteiger partial charge in [-0.25, -0.2) is 4.79 Å². The highest BCUT2D eigenvalue weighted by molar-refractivity contribution is 5.88. The van der Waals surface area contributed by atoms with Crippen molar-refractivity contribution in [1.82, 2.24) is 20.1 Å². The number of rotatable bonds is 8. The van der Waals surface area contributed by atoms with Gasteiger partial charge in [-0.2, -0.15) is 0 Å². The van der Waals surface area contributed by atoms with Gasteiger partial charge in [0.2, 0.25) is 5.91 Å². The zero-order valence-corrected chi connectivity index (χ0v) is 18.5. The second-order valence-electron chi connectivity index (χ2n) is 8.40. The third-order valence-corrected chi connectivity index (χ3v) is 5.46. The normalized spacial score (nSPS) is 18.9. The van der Waals surface area contributed by atoms with E-state index in [2.05, 4.69) is 24.1 Å². The van der Waals surface area contributed by atoms with E-state index in [9.17, 15) is 9.59 Å². The molecule has 2 aromatic rings. The third-order valence-electron chi connectivity index (χ3n) is 5.46. The number of carbonyl (C=O) groups is 2. The fourth-order valence-corrected chi connectivity index (χ4v) is 3.77. The van der Waals surface area contributed by atoms with Gasteiger partial charge in [-0.15, -0.1) is 0 Å². The molecule has 1 aliphatic rings. The lowest BCUT2D eigenvalue weighted by Gasteiger charge is -2.44. The van der Waals surface area contributed by atoms with Gasteiger partial charge in [0.15, 0.2) is 0 Å². The number of ether oxygens (including phenoxy) is 1. The fourth-order valence-electron chi connectivity index (χ4n) is 3.77. The standard InChI is InChI=1S/C24H32N4O3/c1-18(2)11-13-26-24(30)28-20(17-31-21-10-7-12-25-15-21)16-27(3)23(29)22(28)14-19-8-5-4-6-9-19/h4-10,12,15,18,20,22H,11,13-14,16-17H2,1-3H3,(H,26,30)/t20-,22-/m0/s1. The van der Waals surface area contributed by atoms with E-state index < -0.39 is 6.04 Å². The SMILES string of the molecule is CC(C)CCNC(=O)N1[C@H](COc2cccnc2)CN(C)C(=O)[C@@H]1Cc1ccccc1. The minimum Gasteiger partial charge on any atom is -0.490 e. The Hall–Kier alpha value is -3.09. The molecule has 1 N–H and O–H groups in total. The van der Waals surface area contributed by atoms with Crippen molar-refractivity contribution in [1.29, 1.82) is 0 Å². The number of aromatic nitrogens is 1. The maximum absolute atomic E-state index is 13.2. The van der Waals surface area contributed by atoms with Gasteiger partial charge in [-0.1, -0.05) is 44.2 Å². The molecule has 1 fully saturated rings. The Morgan fingerprint density at radius 2 is 2.00 bits per heavy atom. The summed E-state index contributed by atoms with van der Waals surface area (Å²) < 4.78 is 5.93. The average molecular weight is 425 g/mol. The first-order valence-electron chi connectivity index (χ1n) is 10.8. The average Bonchev–Trinajstić information content (AvgIpc) is 2.76. The van der Waals surface area contributed by atoms with Gasteiger partial charge in [0.1, 0.15) is 18.4 Å². The Bertz CT molecular complexity index is 844. The molecule has 1 saturated heterocycles. The molecule has 7 nitrogen and oxygen atoms in total. The largest absolute Gasteiger partial charge is 0.490 e. The maximum Gasteiger partial charge on any atom is 0.318 e. The van der Waals surface area contributed by atoms with E-state index in [1.54, 1.807) is 35.3 Å². The van der Waals surface area contributed by atoms with E-state index >= 15 is 0 Å². The Morgan fingerprint density at radius 1 is 1.23 bits per heavy atom. The van der Waals surface area contributed by atoms with E-state index in [0.29, 0.717) is 31.2 Å². The lowest BCUT2D eigenvalue weighted by atomic mass is 9.98. The summed E-state index contributed by atoms with van der Waals surface area (Å²) in [5.41, 5.74) is 1.02. The second-order valence-corrected chi connectivity index (χ2v) is 8.40. The number of hydrogen-bond acceptors (Lipinski definition) is 4. The minimum absolute atomic E-state index is 0.0551. The molecule has 0 unspecified atom stereocenters. The number of pyridine rings is 1. The zero-order chi connectivity index (χ0) is 22.2. The molecular weight excluding hydrogens is 392 g/mol. The maximum atomic E-state index is 13.2. The van der Waals surface area contributed by atoms with Crippen molar-refractivity contribution >= 4 is 11.9 Å². The van der Waals surface area contributed by atoms with Crippen LogP contribution >= 0.6 is 0 Å².